The van der Waals surface area contributed by atoms with E-state index >= 15 is 0 Å². The highest BCUT2D eigenvalue weighted by molar-refractivity contribution is 5.74. The van der Waals surface area contributed by atoms with E-state index in [1.807, 2.05) is 20.8 Å². The molecule has 3 heteroatoms. The van der Waals surface area contributed by atoms with Crippen LogP contribution in [0.3, 0.4) is 0 Å². The molecule has 3 unspecified atom stereocenters. The minimum Gasteiger partial charge on any atom is -0.460 e. The van der Waals surface area contributed by atoms with Gasteiger partial charge in [-0.05, 0) is 39.7 Å². The quantitative estimate of drug-likeness (QED) is 0.593. The fourth-order valence-electron chi connectivity index (χ4n) is 2.43. The predicted octanol–water partition coefficient (Wildman–Crippen LogP) is 1.28. The van der Waals surface area contributed by atoms with Crippen molar-refractivity contribution in [1.29, 1.82) is 0 Å². The third-order valence-electron chi connectivity index (χ3n) is 3.04. The highest BCUT2D eigenvalue weighted by atomic mass is 16.6. The number of piperidine rings is 1. The Bertz CT molecular complexity index is 244. The lowest BCUT2D eigenvalue weighted by atomic mass is 9.92. The number of hydrogen-bond acceptors (Lipinski definition) is 3. The van der Waals surface area contributed by atoms with Gasteiger partial charge in [0.2, 0.25) is 0 Å². The van der Waals surface area contributed by atoms with E-state index in [1.54, 1.807) is 0 Å². The van der Waals surface area contributed by atoms with Gasteiger partial charge in [-0.2, -0.15) is 0 Å². The summed E-state index contributed by atoms with van der Waals surface area (Å²) in [7, 11) is 0. The Morgan fingerprint density at radius 3 is 2.50 bits per heavy atom. The molecule has 14 heavy (non-hydrogen) atoms. The highest BCUT2D eigenvalue weighted by Crippen LogP contribution is 2.34. The third kappa shape index (κ3) is 1.92. The summed E-state index contributed by atoms with van der Waals surface area (Å²) in [4.78, 5) is 14.2. The normalized spacial score (nSPS) is 36.1. The fourth-order valence-corrected chi connectivity index (χ4v) is 2.43. The molecule has 0 aromatic carbocycles. The molecule has 0 aromatic rings. The van der Waals surface area contributed by atoms with E-state index in [0.29, 0.717) is 5.92 Å². The number of rotatable bonds is 1. The number of ether oxygens (including phenoxy) is 1. The van der Waals surface area contributed by atoms with Crippen molar-refractivity contribution in [3.8, 4) is 0 Å². The third-order valence-corrected chi connectivity index (χ3v) is 3.04. The second-order valence-corrected chi connectivity index (χ2v) is 5.45. The molecule has 2 rings (SSSR count). The van der Waals surface area contributed by atoms with E-state index in [0.717, 1.165) is 13.1 Å². The van der Waals surface area contributed by atoms with Gasteiger partial charge in [-0.1, -0.05) is 0 Å². The van der Waals surface area contributed by atoms with Crippen molar-refractivity contribution < 1.29 is 9.53 Å². The smallest absolute Gasteiger partial charge is 0.311 e. The molecule has 2 aliphatic heterocycles. The van der Waals surface area contributed by atoms with Crippen LogP contribution in [0.1, 0.15) is 27.2 Å². The molecule has 0 aromatic heterocycles. The molecule has 2 bridgehead atoms. The van der Waals surface area contributed by atoms with Crippen molar-refractivity contribution in [1.82, 2.24) is 4.90 Å². The number of nitrogens with zero attached hydrogens (tertiary/aromatic N) is 1. The largest absolute Gasteiger partial charge is 0.460 e. The van der Waals surface area contributed by atoms with Crippen molar-refractivity contribution in [3.63, 3.8) is 0 Å². The van der Waals surface area contributed by atoms with E-state index in [2.05, 4.69) is 4.90 Å². The van der Waals surface area contributed by atoms with Crippen LogP contribution in [0.25, 0.3) is 0 Å². The number of carbonyl (C=O) groups excluding carboxylic acids is 1. The lowest BCUT2D eigenvalue weighted by molar-refractivity contribution is -0.161. The summed E-state index contributed by atoms with van der Waals surface area (Å²) in [6.45, 7) is 8.97. The summed E-state index contributed by atoms with van der Waals surface area (Å²) in [5, 5.41) is 0. The molecule has 2 fully saturated rings. The number of esters is 1. The second kappa shape index (κ2) is 3.23. The molecular weight excluding hydrogens is 178 g/mol. The lowest BCUT2D eigenvalue weighted by Gasteiger charge is -2.26. The monoisotopic (exact) mass is 197 g/mol. The van der Waals surface area contributed by atoms with Crippen LogP contribution >= 0.6 is 0 Å². The zero-order chi connectivity index (χ0) is 10.3. The van der Waals surface area contributed by atoms with Gasteiger partial charge in [0.1, 0.15) is 5.60 Å². The maximum Gasteiger partial charge on any atom is 0.311 e. The van der Waals surface area contributed by atoms with Crippen LogP contribution in [0.15, 0.2) is 0 Å². The average Bonchev–Trinajstić information content (AvgIpc) is 2.59. The topological polar surface area (TPSA) is 29.5 Å². The van der Waals surface area contributed by atoms with Crippen LogP contribution in [-0.2, 0) is 9.53 Å². The van der Waals surface area contributed by atoms with Gasteiger partial charge in [0, 0.05) is 13.1 Å². The van der Waals surface area contributed by atoms with Gasteiger partial charge in [0.05, 0.1) is 5.92 Å². The minimum absolute atomic E-state index is 0.00435. The molecule has 0 radical (unpaired) electrons. The fraction of sp³-hybridized carbons (Fsp3) is 0.909. The van der Waals surface area contributed by atoms with Gasteiger partial charge in [-0.3, -0.25) is 4.79 Å². The van der Waals surface area contributed by atoms with E-state index in [4.69, 9.17) is 4.74 Å². The van der Waals surface area contributed by atoms with Gasteiger partial charge >= 0.3 is 5.97 Å². The molecule has 0 saturated carbocycles. The Balaban J connectivity index is 1.93. The maximum absolute atomic E-state index is 11.8. The van der Waals surface area contributed by atoms with Gasteiger partial charge in [0.25, 0.3) is 0 Å². The van der Waals surface area contributed by atoms with Crippen LogP contribution in [0.4, 0.5) is 0 Å². The Hall–Kier alpha value is -0.570. The number of fused-ring (bicyclic) bond motifs is 2. The van der Waals surface area contributed by atoms with E-state index in [-0.39, 0.29) is 17.5 Å². The number of carbonyl (C=O) groups is 1. The Labute approximate surface area is 85.4 Å². The summed E-state index contributed by atoms with van der Waals surface area (Å²) in [5.74, 6) is 0.706. The molecule has 0 N–H and O–H groups in total. The first-order chi connectivity index (χ1) is 6.46. The summed E-state index contributed by atoms with van der Waals surface area (Å²) in [6.07, 6.45) is 1.17. The van der Waals surface area contributed by atoms with Crippen LogP contribution in [0.2, 0.25) is 0 Å². The van der Waals surface area contributed by atoms with Crippen molar-refractivity contribution in [2.24, 2.45) is 11.8 Å². The SMILES string of the molecule is CC(C)(C)OC(=O)C1CN2CCC1C2. The summed E-state index contributed by atoms with van der Waals surface area (Å²) >= 11 is 0. The van der Waals surface area contributed by atoms with Crippen LogP contribution in [0, 0.1) is 11.8 Å². The molecule has 2 heterocycles. The Morgan fingerprint density at radius 1 is 1.36 bits per heavy atom. The van der Waals surface area contributed by atoms with Gasteiger partial charge in [-0.15, -0.1) is 0 Å². The molecule has 3 nitrogen and oxygen atoms in total. The van der Waals surface area contributed by atoms with Crippen molar-refractivity contribution >= 4 is 5.97 Å². The minimum atomic E-state index is -0.339. The highest BCUT2D eigenvalue weighted by Gasteiger charge is 2.43. The maximum atomic E-state index is 11.8. The molecular formula is C11H19NO2. The summed E-state index contributed by atoms with van der Waals surface area (Å²) < 4.78 is 5.41. The molecule has 0 amide bonds. The van der Waals surface area contributed by atoms with E-state index in [1.165, 1.54) is 13.0 Å². The first kappa shape index (κ1) is 9.97. The lowest BCUT2D eigenvalue weighted by Crippen LogP contribution is -2.35. The number of hydrogen-bond donors (Lipinski definition) is 0. The van der Waals surface area contributed by atoms with E-state index < -0.39 is 0 Å². The zero-order valence-electron chi connectivity index (χ0n) is 9.25. The van der Waals surface area contributed by atoms with Crippen molar-refractivity contribution in [2.75, 3.05) is 19.6 Å². The standard InChI is InChI=1S/C11H19NO2/c1-11(2,3)14-10(13)9-7-12-5-4-8(9)6-12/h8-9H,4-7H2,1-3H3. The van der Waals surface area contributed by atoms with Crippen molar-refractivity contribution in [2.45, 2.75) is 32.8 Å². The van der Waals surface area contributed by atoms with Crippen LogP contribution in [-0.4, -0.2) is 36.1 Å². The van der Waals surface area contributed by atoms with Crippen LogP contribution in [0.5, 0.6) is 0 Å². The van der Waals surface area contributed by atoms with Crippen LogP contribution < -0.4 is 0 Å². The van der Waals surface area contributed by atoms with Gasteiger partial charge in [0.15, 0.2) is 0 Å². The average molecular weight is 197 g/mol. The molecule has 0 aliphatic carbocycles. The Kier molecular flexibility index (Phi) is 2.30. The zero-order valence-corrected chi connectivity index (χ0v) is 9.25. The second-order valence-electron chi connectivity index (χ2n) is 5.45. The first-order valence-electron chi connectivity index (χ1n) is 5.41. The van der Waals surface area contributed by atoms with Gasteiger partial charge in [-0.25, -0.2) is 0 Å². The molecule has 0 spiro atoms. The summed E-state index contributed by atoms with van der Waals surface area (Å²) in [6, 6.07) is 0. The molecule has 2 aliphatic rings. The molecule has 80 valence electrons. The molecule has 3 atom stereocenters. The summed E-state index contributed by atoms with van der Waals surface area (Å²) in [5.41, 5.74) is -0.339. The van der Waals surface area contributed by atoms with Gasteiger partial charge < -0.3 is 9.64 Å². The predicted molar refractivity (Wildman–Crippen MR) is 53.9 cm³/mol. The van der Waals surface area contributed by atoms with E-state index in [9.17, 15) is 4.79 Å². The Morgan fingerprint density at radius 2 is 2.07 bits per heavy atom. The molecule has 2 saturated heterocycles. The first-order valence-corrected chi connectivity index (χ1v) is 5.41. The van der Waals surface area contributed by atoms with Crippen molar-refractivity contribution in [3.05, 3.63) is 0 Å².